The number of nitrogens with zero attached hydrogens (tertiary/aromatic N) is 1. The van der Waals surface area contributed by atoms with Crippen LogP contribution >= 0.6 is 22.6 Å². The van der Waals surface area contributed by atoms with E-state index in [4.69, 9.17) is 0 Å². The molecule has 0 bridgehead atoms. The fourth-order valence-electron chi connectivity index (χ4n) is 1.64. The van der Waals surface area contributed by atoms with Gasteiger partial charge in [0.25, 0.3) is 5.91 Å². The van der Waals surface area contributed by atoms with Crippen LogP contribution in [0.5, 0.6) is 0 Å². The Morgan fingerprint density at radius 2 is 2.00 bits per heavy atom. The number of carbonyl (C=O) groups is 1. The molecule has 0 atom stereocenters. The summed E-state index contributed by atoms with van der Waals surface area (Å²) in [5.41, 5.74) is 1.61. The van der Waals surface area contributed by atoms with Gasteiger partial charge in [-0.25, -0.2) is 4.39 Å². The van der Waals surface area contributed by atoms with Crippen molar-refractivity contribution >= 4 is 28.5 Å². The molecule has 0 radical (unpaired) electrons. The predicted octanol–water partition coefficient (Wildman–Crippen LogP) is 2.80. The Balaban J connectivity index is 1.91. The molecule has 0 unspecified atom stereocenters. The highest BCUT2D eigenvalue weighted by molar-refractivity contribution is 14.1. The molecule has 1 amide bonds. The minimum absolute atomic E-state index is 0.182. The predicted molar refractivity (Wildman–Crippen MR) is 79.4 cm³/mol. The maximum absolute atomic E-state index is 12.9. The first-order valence-corrected chi connectivity index (χ1v) is 6.87. The van der Waals surface area contributed by atoms with E-state index in [2.05, 4.69) is 10.3 Å². The highest BCUT2D eigenvalue weighted by Gasteiger charge is 2.09. The van der Waals surface area contributed by atoms with Crippen LogP contribution < -0.4 is 5.32 Å². The van der Waals surface area contributed by atoms with Gasteiger partial charge in [0.05, 0.1) is 5.56 Å². The molecule has 1 aromatic carbocycles. The van der Waals surface area contributed by atoms with Crippen molar-refractivity contribution in [3.8, 4) is 0 Å². The van der Waals surface area contributed by atoms with Crippen molar-refractivity contribution in [3.63, 3.8) is 0 Å². The van der Waals surface area contributed by atoms with Crippen molar-refractivity contribution < 1.29 is 9.18 Å². The van der Waals surface area contributed by atoms with Gasteiger partial charge in [0, 0.05) is 22.5 Å². The number of pyridine rings is 1. The normalized spacial score (nSPS) is 10.2. The molecule has 0 saturated carbocycles. The molecule has 2 aromatic rings. The monoisotopic (exact) mass is 370 g/mol. The molecule has 0 aliphatic rings. The summed E-state index contributed by atoms with van der Waals surface area (Å²) in [5, 5.41) is 2.82. The average Bonchev–Trinajstić information content (AvgIpc) is 2.39. The lowest BCUT2D eigenvalue weighted by Crippen LogP contribution is -2.26. The van der Waals surface area contributed by atoms with E-state index >= 15 is 0 Å². The first-order chi connectivity index (χ1) is 9.16. The van der Waals surface area contributed by atoms with Gasteiger partial charge in [-0.05, 0) is 64.9 Å². The van der Waals surface area contributed by atoms with Crippen LogP contribution in [0.25, 0.3) is 0 Å². The third kappa shape index (κ3) is 3.99. The van der Waals surface area contributed by atoms with E-state index in [0.717, 1.165) is 12.0 Å². The van der Waals surface area contributed by atoms with Gasteiger partial charge < -0.3 is 5.32 Å². The maximum Gasteiger partial charge on any atom is 0.252 e. The lowest BCUT2D eigenvalue weighted by molar-refractivity contribution is 0.0953. The number of halogens is 2. The summed E-state index contributed by atoms with van der Waals surface area (Å²) >= 11 is 1.96. The molecule has 0 aliphatic heterocycles. The van der Waals surface area contributed by atoms with E-state index in [1.54, 1.807) is 12.4 Å². The van der Waals surface area contributed by atoms with Gasteiger partial charge in [-0.1, -0.05) is 0 Å². The van der Waals surface area contributed by atoms with Crippen molar-refractivity contribution in [2.75, 3.05) is 6.54 Å². The summed E-state index contributed by atoms with van der Waals surface area (Å²) in [5.74, 6) is -0.517. The molecule has 2 rings (SSSR count). The first-order valence-electron chi connectivity index (χ1n) is 5.79. The molecule has 0 fully saturated rings. The Labute approximate surface area is 124 Å². The highest BCUT2D eigenvalue weighted by Crippen LogP contribution is 2.13. The van der Waals surface area contributed by atoms with Crippen LogP contribution in [0.3, 0.4) is 0 Å². The zero-order valence-electron chi connectivity index (χ0n) is 10.1. The zero-order chi connectivity index (χ0) is 13.7. The number of benzene rings is 1. The van der Waals surface area contributed by atoms with E-state index < -0.39 is 0 Å². The molecule has 0 spiro atoms. The maximum atomic E-state index is 12.9. The van der Waals surface area contributed by atoms with Crippen LogP contribution in [0.1, 0.15) is 15.9 Å². The van der Waals surface area contributed by atoms with E-state index in [-0.39, 0.29) is 11.7 Å². The Kier molecular flexibility index (Phi) is 4.84. The van der Waals surface area contributed by atoms with Gasteiger partial charge in [-0.2, -0.15) is 0 Å². The quantitative estimate of drug-likeness (QED) is 0.842. The summed E-state index contributed by atoms with van der Waals surface area (Å²) in [4.78, 5) is 15.8. The van der Waals surface area contributed by atoms with E-state index in [0.29, 0.717) is 15.7 Å². The minimum atomic E-state index is -0.335. The van der Waals surface area contributed by atoms with Gasteiger partial charge in [-0.3, -0.25) is 9.78 Å². The molecule has 0 saturated heterocycles. The summed E-state index contributed by atoms with van der Waals surface area (Å²) in [6, 6.07) is 7.96. The number of hydrogen-bond acceptors (Lipinski definition) is 2. The minimum Gasteiger partial charge on any atom is -0.352 e. The molecule has 19 heavy (non-hydrogen) atoms. The van der Waals surface area contributed by atoms with E-state index in [1.807, 2.05) is 34.7 Å². The molecule has 3 nitrogen and oxygen atoms in total. The molecule has 1 N–H and O–H groups in total. The Bertz CT molecular complexity index is 575. The Morgan fingerprint density at radius 3 is 2.68 bits per heavy atom. The van der Waals surface area contributed by atoms with Crippen molar-refractivity contribution in [3.05, 3.63) is 63.2 Å². The van der Waals surface area contributed by atoms with Crippen molar-refractivity contribution in [1.29, 1.82) is 0 Å². The molecule has 0 aliphatic carbocycles. The van der Waals surface area contributed by atoms with Gasteiger partial charge in [-0.15, -0.1) is 0 Å². The SMILES string of the molecule is O=C(NCCc1ccncc1)c1ccc(F)cc1I. The number of hydrogen-bond donors (Lipinski definition) is 1. The largest absolute Gasteiger partial charge is 0.352 e. The highest BCUT2D eigenvalue weighted by atomic mass is 127. The molecule has 98 valence electrons. The second kappa shape index (κ2) is 6.60. The number of carbonyl (C=O) groups excluding carboxylic acids is 1. The lowest BCUT2D eigenvalue weighted by Gasteiger charge is -2.07. The zero-order valence-corrected chi connectivity index (χ0v) is 12.2. The number of rotatable bonds is 4. The molecule has 5 heteroatoms. The summed E-state index contributed by atoms with van der Waals surface area (Å²) in [6.07, 6.45) is 4.19. The van der Waals surface area contributed by atoms with Crippen molar-refractivity contribution in [2.45, 2.75) is 6.42 Å². The van der Waals surface area contributed by atoms with Crippen LogP contribution in [-0.4, -0.2) is 17.4 Å². The summed E-state index contributed by atoms with van der Waals surface area (Å²) < 4.78 is 13.6. The van der Waals surface area contributed by atoms with Gasteiger partial charge >= 0.3 is 0 Å². The van der Waals surface area contributed by atoms with Gasteiger partial charge in [0.1, 0.15) is 5.82 Å². The lowest BCUT2D eigenvalue weighted by atomic mass is 10.2. The smallest absolute Gasteiger partial charge is 0.252 e. The van der Waals surface area contributed by atoms with Crippen LogP contribution in [0.4, 0.5) is 4.39 Å². The Hall–Kier alpha value is -1.50. The fourth-order valence-corrected chi connectivity index (χ4v) is 2.36. The van der Waals surface area contributed by atoms with Crippen LogP contribution in [0.15, 0.2) is 42.7 Å². The Morgan fingerprint density at radius 1 is 1.26 bits per heavy atom. The van der Waals surface area contributed by atoms with Crippen molar-refractivity contribution in [1.82, 2.24) is 10.3 Å². The van der Waals surface area contributed by atoms with Crippen LogP contribution in [0, 0.1) is 9.39 Å². The topological polar surface area (TPSA) is 42.0 Å². The summed E-state index contributed by atoms with van der Waals surface area (Å²) in [6.45, 7) is 0.538. The molecule has 1 aromatic heterocycles. The molecular formula is C14H12FIN2O. The second-order valence-electron chi connectivity index (χ2n) is 3.99. The number of aromatic nitrogens is 1. The molecular weight excluding hydrogens is 358 g/mol. The first kappa shape index (κ1) is 13.9. The van der Waals surface area contributed by atoms with Gasteiger partial charge in [0.2, 0.25) is 0 Å². The van der Waals surface area contributed by atoms with Crippen molar-refractivity contribution in [2.24, 2.45) is 0 Å². The number of amides is 1. The number of nitrogens with one attached hydrogen (secondary N) is 1. The van der Waals surface area contributed by atoms with Gasteiger partial charge in [0.15, 0.2) is 0 Å². The second-order valence-corrected chi connectivity index (χ2v) is 5.15. The average molecular weight is 370 g/mol. The summed E-state index contributed by atoms with van der Waals surface area (Å²) in [7, 11) is 0. The third-order valence-corrected chi connectivity index (χ3v) is 3.52. The van der Waals surface area contributed by atoms with Crippen LogP contribution in [-0.2, 0) is 6.42 Å². The molecule has 1 heterocycles. The van der Waals surface area contributed by atoms with E-state index in [9.17, 15) is 9.18 Å². The third-order valence-electron chi connectivity index (χ3n) is 2.62. The van der Waals surface area contributed by atoms with E-state index in [1.165, 1.54) is 18.2 Å². The standard InChI is InChI=1S/C14H12FIN2O/c15-11-1-2-12(13(16)9-11)14(19)18-8-5-10-3-6-17-7-4-10/h1-4,6-7,9H,5,8H2,(H,18,19). The van der Waals surface area contributed by atoms with Crippen LogP contribution in [0.2, 0.25) is 0 Å². The fraction of sp³-hybridized carbons (Fsp3) is 0.143.